The zero-order valence-corrected chi connectivity index (χ0v) is 9.49. The zero-order valence-electron chi connectivity index (χ0n) is 7.34. The first-order valence-corrected chi connectivity index (χ1v) is 5.02. The Balaban J connectivity index is 2.46. The van der Waals surface area contributed by atoms with E-state index >= 15 is 0 Å². The molecule has 0 aliphatic heterocycles. The molecule has 72 valence electrons. The van der Waals surface area contributed by atoms with E-state index in [1.165, 1.54) is 6.92 Å². The lowest BCUT2D eigenvalue weighted by Crippen LogP contribution is -2.06. The second-order valence-corrected chi connectivity index (χ2v) is 3.88. The first-order valence-electron chi connectivity index (χ1n) is 3.94. The molecule has 2 aromatic heterocycles. The highest BCUT2D eigenvalue weighted by Gasteiger charge is 2.04. The number of anilines is 1. The molecule has 0 unspecified atom stereocenters. The van der Waals surface area contributed by atoms with Gasteiger partial charge in [-0.25, -0.2) is 4.98 Å². The number of nitrogens with zero attached hydrogens (tertiary/aromatic N) is 2. The van der Waals surface area contributed by atoms with Crippen LogP contribution in [0, 0.1) is 3.70 Å². The maximum absolute atomic E-state index is 10.8. The number of amides is 1. The van der Waals surface area contributed by atoms with Gasteiger partial charge >= 0.3 is 0 Å². The van der Waals surface area contributed by atoms with Crippen LogP contribution in [0.5, 0.6) is 0 Å². The van der Waals surface area contributed by atoms with Gasteiger partial charge in [-0.1, -0.05) is 0 Å². The molecular formula is C8H7IN4O. The summed E-state index contributed by atoms with van der Waals surface area (Å²) in [6.45, 7) is 1.44. The van der Waals surface area contributed by atoms with Crippen LogP contribution in [-0.2, 0) is 4.79 Å². The fourth-order valence-corrected chi connectivity index (χ4v) is 1.66. The lowest BCUT2D eigenvalue weighted by Gasteiger charge is -1.99. The van der Waals surface area contributed by atoms with Gasteiger partial charge in [-0.05, 0) is 22.6 Å². The molecule has 0 aromatic carbocycles. The second-order valence-electron chi connectivity index (χ2n) is 2.81. The van der Waals surface area contributed by atoms with Crippen LogP contribution < -0.4 is 5.32 Å². The van der Waals surface area contributed by atoms with Crippen LogP contribution in [0.25, 0.3) is 10.9 Å². The van der Waals surface area contributed by atoms with E-state index in [2.05, 4.69) is 43.1 Å². The van der Waals surface area contributed by atoms with E-state index in [0.717, 1.165) is 14.6 Å². The SMILES string of the molecule is CC(=O)Nc1cc2n[nH]c(I)c2cn1. The number of aromatic nitrogens is 3. The van der Waals surface area contributed by atoms with E-state index in [1.807, 2.05) is 0 Å². The second kappa shape index (κ2) is 3.52. The van der Waals surface area contributed by atoms with Crippen LogP contribution in [0.1, 0.15) is 6.92 Å². The largest absolute Gasteiger partial charge is 0.311 e. The normalized spacial score (nSPS) is 10.4. The molecule has 0 atom stereocenters. The minimum atomic E-state index is -0.137. The van der Waals surface area contributed by atoms with Gasteiger partial charge < -0.3 is 5.32 Å². The van der Waals surface area contributed by atoms with Crippen molar-refractivity contribution in [2.24, 2.45) is 0 Å². The summed E-state index contributed by atoms with van der Waals surface area (Å²) in [5.41, 5.74) is 0.799. The van der Waals surface area contributed by atoms with Gasteiger partial charge in [-0.15, -0.1) is 0 Å². The summed E-state index contributed by atoms with van der Waals surface area (Å²) in [5, 5.41) is 10.5. The van der Waals surface area contributed by atoms with Crippen molar-refractivity contribution in [1.29, 1.82) is 0 Å². The molecule has 0 saturated heterocycles. The summed E-state index contributed by atoms with van der Waals surface area (Å²) in [5.74, 6) is 0.384. The molecule has 0 bridgehead atoms. The molecule has 1 amide bonds. The van der Waals surface area contributed by atoms with E-state index in [0.29, 0.717) is 5.82 Å². The van der Waals surface area contributed by atoms with E-state index < -0.39 is 0 Å². The third-order valence-corrected chi connectivity index (χ3v) is 2.52. The van der Waals surface area contributed by atoms with Crippen molar-refractivity contribution >= 4 is 45.2 Å². The van der Waals surface area contributed by atoms with E-state index in [1.54, 1.807) is 12.3 Å². The Kier molecular flexibility index (Phi) is 2.36. The van der Waals surface area contributed by atoms with Crippen molar-refractivity contribution in [1.82, 2.24) is 15.2 Å². The molecule has 6 heteroatoms. The number of nitrogens with one attached hydrogen (secondary N) is 2. The molecule has 0 saturated carbocycles. The Morgan fingerprint density at radius 1 is 1.64 bits per heavy atom. The Bertz CT molecular complexity index is 493. The Hall–Kier alpha value is -1.18. The molecule has 14 heavy (non-hydrogen) atoms. The molecule has 5 nitrogen and oxygen atoms in total. The fourth-order valence-electron chi connectivity index (χ4n) is 1.12. The summed E-state index contributed by atoms with van der Waals surface area (Å²) in [6, 6.07) is 1.73. The molecule has 2 rings (SSSR count). The molecule has 0 spiro atoms. The molecule has 2 aromatic rings. The third kappa shape index (κ3) is 1.69. The topological polar surface area (TPSA) is 70.7 Å². The van der Waals surface area contributed by atoms with Crippen LogP contribution in [-0.4, -0.2) is 21.1 Å². The van der Waals surface area contributed by atoms with Gasteiger partial charge in [-0.2, -0.15) is 5.10 Å². The molecule has 2 N–H and O–H groups in total. The van der Waals surface area contributed by atoms with Crippen LogP contribution in [0.4, 0.5) is 5.82 Å². The minimum Gasteiger partial charge on any atom is -0.311 e. The highest BCUT2D eigenvalue weighted by molar-refractivity contribution is 14.1. The average Bonchev–Trinajstić information content (AvgIpc) is 2.46. The number of H-pyrrole nitrogens is 1. The number of aromatic amines is 1. The predicted octanol–water partition coefficient (Wildman–Crippen LogP) is 1.52. The van der Waals surface area contributed by atoms with Crippen molar-refractivity contribution in [3.8, 4) is 0 Å². The van der Waals surface area contributed by atoms with Crippen LogP contribution >= 0.6 is 22.6 Å². The first kappa shape index (κ1) is 9.38. The Labute approximate surface area is 93.4 Å². The number of rotatable bonds is 1. The number of hydrogen-bond acceptors (Lipinski definition) is 3. The quantitative estimate of drug-likeness (QED) is 0.785. The lowest BCUT2D eigenvalue weighted by atomic mass is 10.3. The molecule has 2 heterocycles. The van der Waals surface area contributed by atoms with Crippen molar-refractivity contribution in [3.05, 3.63) is 16.0 Å². The Morgan fingerprint density at radius 3 is 3.14 bits per heavy atom. The van der Waals surface area contributed by atoms with Crippen molar-refractivity contribution in [2.45, 2.75) is 6.92 Å². The van der Waals surface area contributed by atoms with Crippen molar-refractivity contribution in [2.75, 3.05) is 5.32 Å². The smallest absolute Gasteiger partial charge is 0.222 e. The highest BCUT2D eigenvalue weighted by Crippen LogP contribution is 2.18. The van der Waals surface area contributed by atoms with Gasteiger partial charge in [0.05, 0.1) is 10.9 Å². The van der Waals surface area contributed by atoms with Gasteiger partial charge in [0.15, 0.2) is 0 Å². The van der Waals surface area contributed by atoms with E-state index in [9.17, 15) is 4.79 Å². The molecule has 0 radical (unpaired) electrons. The first-order chi connectivity index (χ1) is 6.66. The summed E-state index contributed by atoms with van der Waals surface area (Å²) in [4.78, 5) is 14.9. The van der Waals surface area contributed by atoms with E-state index in [-0.39, 0.29) is 5.91 Å². The highest BCUT2D eigenvalue weighted by atomic mass is 127. The molecular weight excluding hydrogens is 295 g/mol. The van der Waals surface area contributed by atoms with Crippen LogP contribution in [0.2, 0.25) is 0 Å². The number of fused-ring (bicyclic) bond motifs is 1. The standard InChI is InChI=1S/C8H7IN4O/c1-4(14)11-7-2-6-5(3-10-7)8(9)13-12-6/h2-3H,1H3,(H,12,13)(H,10,11,14). The molecule has 0 fully saturated rings. The van der Waals surface area contributed by atoms with E-state index in [4.69, 9.17) is 0 Å². The van der Waals surface area contributed by atoms with Gasteiger partial charge in [0, 0.05) is 19.2 Å². The maximum Gasteiger partial charge on any atom is 0.222 e. The van der Waals surface area contributed by atoms with Crippen LogP contribution in [0.3, 0.4) is 0 Å². The summed E-state index contributed by atoms with van der Waals surface area (Å²) < 4.78 is 0.944. The van der Waals surface area contributed by atoms with Gasteiger partial charge in [0.1, 0.15) is 9.52 Å². The van der Waals surface area contributed by atoms with Crippen molar-refractivity contribution in [3.63, 3.8) is 0 Å². The summed E-state index contributed by atoms with van der Waals surface area (Å²) >= 11 is 2.15. The maximum atomic E-state index is 10.8. The summed E-state index contributed by atoms with van der Waals surface area (Å²) in [7, 11) is 0. The molecule has 0 aliphatic carbocycles. The lowest BCUT2D eigenvalue weighted by molar-refractivity contribution is -0.114. The summed E-state index contributed by atoms with van der Waals surface area (Å²) in [6.07, 6.45) is 1.69. The number of halogens is 1. The van der Waals surface area contributed by atoms with Gasteiger partial charge in [-0.3, -0.25) is 9.89 Å². The fraction of sp³-hybridized carbons (Fsp3) is 0.125. The number of carbonyl (C=O) groups excluding carboxylic acids is 1. The third-order valence-electron chi connectivity index (χ3n) is 1.70. The Morgan fingerprint density at radius 2 is 2.43 bits per heavy atom. The zero-order chi connectivity index (χ0) is 10.1. The monoisotopic (exact) mass is 302 g/mol. The van der Waals surface area contributed by atoms with Crippen LogP contribution in [0.15, 0.2) is 12.3 Å². The number of hydrogen-bond donors (Lipinski definition) is 2. The van der Waals surface area contributed by atoms with Gasteiger partial charge in [0.2, 0.25) is 5.91 Å². The van der Waals surface area contributed by atoms with Crippen molar-refractivity contribution < 1.29 is 4.79 Å². The number of carbonyl (C=O) groups is 1. The molecule has 0 aliphatic rings. The minimum absolute atomic E-state index is 0.137. The average molecular weight is 302 g/mol. The predicted molar refractivity (Wildman–Crippen MR) is 60.9 cm³/mol. The van der Waals surface area contributed by atoms with Gasteiger partial charge in [0.25, 0.3) is 0 Å². The number of pyridine rings is 1.